The third-order valence-electron chi connectivity index (χ3n) is 3.37. The summed E-state index contributed by atoms with van der Waals surface area (Å²) < 4.78 is 10.7. The minimum Gasteiger partial charge on any atom is -0.494 e. The molecule has 2 aromatic rings. The molecule has 0 aliphatic rings. The SMILES string of the molecule is CCCCOc1ccc(Nc2ncnc(NCCOC)c2N)cc1. The molecule has 7 heteroatoms. The number of anilines is 4. The Balaban J connectivity index is 1.98. The Morgan fingerprint density at radius 1 is 1.08 bits per heavy atom. The van der Waals surface area contributed by atoms with Gasteiger partial charge in [0.25, 0.3) is 0 Å². The number of aromatic nitrogens is 2. The van der Waals surface area contributed by atoms with E-state index >= 15 is 0 Å². The van der Waals surface area contributed by atoms with Crippen molar-refractivity contribution in [2.24, 2.45) is 0 Å². The van der Waals surface area contributed by atoms with Gasteiger partial charge >= 0.3 is 0 Å². The summed E-state index contributed by atoms with van der Waals surface area (Å²) in [5.41, 5.74) is 7.46. The van der Waals surface area contributed by atoms with E-state index in [2.05, 4.69) is 27.5 Å². The van der Waals surface area contributed by atoms with Crippen LogP contribution in [0, 0.1) is 0 Å². The van der Waals surface area contributed by atoms with Crippen molar-refractivity contribution in [3.63, 3.8) is 0 Å². The van der Waals surface area contributed by atoms with Crippen LogP contribution in [0.15, 0.2) is 30.6 Å². The topological polar surface area (TPSA) is 94.3 Å². The molecule has 2 rings (SSSR count). The molecule has 0 bridgehead atoms. The van der Waals surface area contributed by atoms with Crippen LogP contribution in [-0.4, -0.2) is 36.8 Å². The van der Waals surface area contributed by atoms with Crippen LogP contribution in [0.5, 0.6) is 5.75 Å². The first-order chi connectivity index (χ1) is 11.7. The van der Waals surface area contributed by atoms with Crippen LogP contribution in [0.3, 0.4) is 0 Å². The molecule has 0 spiro atoms. The first kappa shape index (κ1) is 17.8. The van der Waals surface area contributed by atoms with E-state index in [4.69, 9.17) is 15.2 Å². The van der Waals surface area contributed by atoms with Gasteiger partial charge in [-0.25, -0.2) is 9.97 Å². The van der Waals surface area contributed by atoms with E-state index in [1.54, 1.807) is 7.11 Å². The summed E-state index contributed by atoms with van der Waals surface area (Å²) in [5, 5.41) is 6.31. The highest BCUT2D eigenvalue weighted by atomic mass is 16.5. The highest BCUT2D eigenvalue weighted by Gasteiger charge is 2.08. The zero-order valence-corrected chi connectivity index (χ0v) is 14.2. The summed E-state index contributed by atoms with van der Waals surface area (Å²) in [7, 11) is 1.65. The number of nitrogens with one attached hydrogen (secondary N) is 2. The molecule has 24 heavy (non-hydrogen) atoms. The molecular weight excluding hydrogens is 306 g/mol. The van der Waals surface area contributed by atoms with Gasteiger partial charge in [0, 0.05) is 19.3 Å². The Kier molecular flexibility index (Phi) is 7.10. The maximum Gasteiger partial charge on any atom is 0.159 e. The summed E-state index contributed by atoms with van der Waals surface area (Å²) in [5.74, 6) is 2.00. The van der Waals surface area contributed by atoms with E-state index in [0.717, 1.165) is 30.9 Å². The lowest BCUT2D eigenvalue weighted by molar-refractivity contribution is 0.210. The lowest BCUT2D eigenvalue weighted by Gasteiger charge is -2.13. The third-order valence-corrected chi connectivity index (χ3v) is 3.37. The zero-order chi connectivity index (χ0) is 17.2. The van der Waals surface area contributed by atoms with Crippen LogP contribution in [0.4, 0.5) is 23.0 Å². The molecular formula is C17H25N5O2. The molecule has 0 saturated carbocycles. The van der Waals surface area contributed by atoms with Gasteiger partial charge in [0.05, 0.1) is 13.2 Å². The number of hydrogen-bond donors (Lipinski definition) is 3. The summed E-state index contributed by atoms with van der Waals surface area (Å²) in [6.45, 7) is 4.08. The molecule has 0 aliphatic carbocycles. The molecule has 0 atom stereocenters. The van der Waals surface area contributed by atoms with Crippen LogP contribution in [0.2, 0.25) is 0 Å². The fourth-order valence-corrected chi connectivity index (χ4v) is 2.01. The van der Waals surface area contributed by atoms with E-state index in [9.17, 15) is 0 Å². The highest BCUT2D eigenvalue weighted by Crippen LogP contribution is 2.26. The predicted octanol–water partition coefficient (Wildman–Crippen LogP) is 3.04. The van der Waals surface area contributed by atoms with Gasteiger partial charge in [0.15, 0.2) is 11.6 Å². The third kappa shape index (κ3) is 5.27. The standard InChI is InChI=1S/C17H25N5O2/c1-3-4-10-24-14-7-5-13(6-8-14)22-17-15(18)16(20-12-21-17)19-9-11-23-2/h5-8,12H,3-4,9-11,18H2,1-2H3,(H2,19,20,21,22). The number of hydrogen-bond acceptors (Lipinski definition) is 7. The van der Waals surface area contributed by atoms with Crippen LogP contribution >= 0.6 is 0 Å². The van der Waals surface area contributed by atoms with Gasteiger partial charge in [0.1, 0.15) is 17.8 Å². The molecule has 0 amide bonds. The van der Waals surface area contributed by atoms with Crippen molar-refractivity contribution in [3.8, 4) is 5.75 Å². The van der Waals surface area contributed by atoms with E-state index in [-0.39, 0.29) is 0 Å². The normalized spacial score (nSPS) is 10.4. The monoisotopic (exact) mass is 331 g/mol. The smallest absolute Gasteiger partial charge is 0.159 e. The van der Waals surface area contributed by atoms with Gasteiger partial charge in [-0.05, 0) is 30.7 Å². The van der Waals surface area contributed by atoms with Gasteiger partial charge in [-0.3, -0.25) is 0 Å². The Bertz CT molecular complexity index is 619. The lowest BCUT2D eigenvalue weighted by Crippen LogP contribution is -2.12. The number of ether oxygens (including phenoxy) is 2. The molecule has 0 aliphatic heterocycles. The van der Waals surface area contributed by atoms with Gasteiger partial charge < -0.3 is 25.8 Å². The fraction of sp³-hybridized carbons (Fsp3) is 0.412. The molecule has 1 heterocycles. The average molecular weight is 331 g/mol. The zero-order valence-electron chi connectivity index (χ0n) is 14.2. The molecule has 0 fully saturated rings. The molecule has 1 aromatic carbocycles. The second-order valence-electron chi connectivity index (χ2n) is 5.26. The Morgan fingerprint density at radius 3 is 2.54 bits per heavy atom. The molecule has 4 N–H and O–H groups in total. The quantitative estimate of drug-likeness (QED) is 0.576. The van der Waals surface area contributed by atoms with Crippen molar-refractivity contribution < 1.29 is 9.47 Å². The van der Waals surface area contributed by atoms with Crippen molar-refractivity contribution in [1.82, 2.24) is 9.97 Å². The summed E-state index contributed by atoms with van der Waals surface area (Å²) in [6.07, 6.45) is 3.64. The molecule has 7 nitrogen and oxygen atoms in total. The Hall–Kier alpha value is -2.54. The minimum atomic E-state index is 0.469. The van der Waals surface area contributed by atoms with E-state index in [1.807, 2.05) is 24.3 Å². The number of methoxy groups -OCH3 is 1. The first-order valence-electron chi connectivity index (χ1n) is 8.07. The van der Waals surface area contributed by atoms with Crippen LogP contribution in [-0.2, 0) is 4.74 Å². The number of benzene rings is 1. The lowest BCUT2D eigenvalue weighted by atomic mass is 10.3. The number of nitrogens with zero attached hydrogens (tertiary/aromatic N) is 2. The second-order valence-corrected chi connectivity index (χ2v) is 5.26. The number of nitrogen functional groups attached to an aromatic ring is 1. The van der Waals surface area contributed by atoms with Crippen molar-refractivity contribution in [3.05, 3.63) is 30.6 Å². The Morgan fingerprint density at radius 2 is 1.83 bits per heavy atom. The molecule has 0 radical (unpaired) electrons. The maximum absolute atomic E-state index is 6.11. The average Bonchev–Trinajstić information content (AvgIpc) is 2.60. The molecule has 130 valence electrons. The number of nitrogens with two attached hydrogens (primary N) is 1. The van der Waals surface area contributed by atoms with Crippen molar-refractivity contribution in [1.29, 1.82) is 0 Å². The van der Waals surface area contributed by atoms with Crippen molar-refractivity contribution >= 4 is 23.0 Å². The summed E-state index contributed by atoms with van der Waals surface area (Å²) in [6, 6.07) is 7.71. The summed E-state index contributed by atoms with van der Waals surface area (Å²) >= 11 is 0. The van der Waals surface area contributed by atoms with Gasteiger partial charge in [-0.2, -0.15) is 0 Å². The van der Waals surface area contributed by atoms with Crippen LogP contribution < -0.4 is 21.1 Å². The molecule has 1 aromatic heterocycles. The first-order valence-corrected chi connectivity index (χ1v) is 8.07. The van der Waals surface area contributed by atoms with Gasteiger partial charge in [-0.1, -0.05) is 13.3 Å². The number of rotatable bonds is 10. The minimum absolute atomic E-state index is 0.469. The van der Waals surface area contributed by atoms with E-state index in [1.165, 1.54) is 6.33 Å². The fourth-order valence-electron chi connectivity index (χ4n) is 2.01. The molecule has 0 unspecified atom stereocenters. The van der Waals surface area contributed by atoms with Crippen LogP contribution in [0.1, 0.15) is 19.8 Å². The molecule has 0 saturated heterocycles. The maximum atomic E-state index is 6.11. The Labute approximate surface area is 142 Å². The predicted molar refractivity (Wildman–Crippen MR) is 96.9 cm³/mol. The van der Waals surface area contributed by atoms with Crippen LogP contribution in [0.25, 0.3) is 0 Å². The largest absolute Gasteiger partial charge is 0.494 e. The van der Waals surface area contributed by atoms with Gasteiger partial charge in [0.2, 0.25) is 0 Å². The van der Waals surface area contributed by atoms with E-state index < -0.39 is 0 Å². The highest BCUT2D eigenvalue weighted by molar-refractivity contribution is 5.77. The summed E-state index contributed by atoms with van der Waals surface area (Å²) in [4.78, 5) is 8.34. The van der Waals surface area contributed by atoms with E-state index in [0.29, 0.717) is 30.5 Å². The second kappa shape index (κ2) is 9.57. The van der Waals surface area contributed by atoms with Crippen molar-refractivity contribution in [2.75, 3.05) is 43.2 Å². The number of unbranched alkanes of at least 4 members (excludes halogenated alkanes) is 1. The van der Waals surface area contributed by atoms with Gasteiger partial charge in [-0.15, -0.1) is 0 Å². The van der Waals surface area contributed by atoms with Crippen molar-refractivity contribution in [2.45, 2.75) is 19.8 Å².